The molecule has 0 aromatic heterocycles. The van der Waals surface area contributed by atoms with Gasteiger partial charge >= 0.3 is 12.1 Å². The number of carbonyl (C=O) groups is 3. The number of ether oxygens (including phenoxy) is 1. The van der Waals surface area contributed by atoms with Gasteiger partial charge in [0.05, 0.1) is 0 Å². The summed E-state index contributed by atoms with van der Waals surface area (Å²) >= 11 is 0. The zero-order valence-electron chi connectivity index (χ0n) is 12.9. The fraction of sp³-hybridized carbons (Fsp3) is 0.312. The van der Waals surface area contributed by atoms with Gasteiger partial charge in [-0.2, -0.15) is 0 Å². The summed E-state index contributed by atoms with van der Waals surface area (Å²) < 4.78 is 4.93. The maximum absolute atomic E-state index is 11.6. The Bertz CT molecular complexity index is 571. The van der Waals surface area contributed by atoms with Crippen molar-refractivity contribution in [1.82, 2.24) is 10.6 Å². The van der Waals surface area contributed by atoms with Crippen LogP contribution in [0.3, 0.4) is 0 Å². The van der Waals surface area contributed by atoms with Gasteiger partial charge in [0.15, 0.2) is 0 Å². The van der Waals surface area contributed by atoms with E-state index in [9.17, 15) is 14.4 Å². The van der Waals surface area contributed by atoms with Gasteiger partial charge in [-0.15, -0.1) is 6.58 Å². The molecule has 0 unspecified atom stereocenters. The Hall–Kier alpha value is -2.83. The number of hydrogen-bond acceptors (Lipinski definition) is 4. The summed E-state index contributed by atoms with van der Waals surface area (Å²) in [5.41, 5.74) is 1.45. The second-order valence-corrected chi connectivity index (χ2v) is 5.03. The van der Waals surface area contributed by atoms with Gasteiger partial charge in [0.1, 0.15) is 19.2 Å². The molecule has 1 atom stereocenters. The van der Waals surface area contributed by atoms with Gasteiger partial charge in [0, 0.05) is 0 Å². The molecule has 2 amide bonds. The molecule has 124 valence electrons. The summed E-state index contributed by atoms with van der Waals surface area (Å²) in [6.07, 6.45) is -0.629. The van der Waals surface area contributed by atoms with E-state index in [0.29, 0.717) is 5.57 Å². The zero-order chi connectivity index (χ0) is 17.2. The molecule has 0 heterocycles. The Balaban J connectivity index is 2.32. The van der Waals surface area contributed by atoms with Crippen LogP contribution in [-0.4, -0.2) is 35.7 Å². The molecule has 3 N–H and O–H groups in total. The number of carboxylic acids is 1. The fourth-order valence-electron chi connectivity index (χ4n) is 1.72. The highest BCUT2D eigenvalue weighted by Gasteiger charge is 2.20. The van der Waals surface area contributed by atoms with Crippen molar-refractivity contribution in [2.45, 2.75) is 26.0 Å². The molecule has 0 aliphatic heterocycles. The Labute approximate surface area is 134 Å². The first-order chi connectivity index (χ1) is 10.9. The van der Waals surface area contributed by atoms with E-state index in [-0.39, 0.29) is 19.6 Å². The van der Waals surface area contributed by atoms with Gasteiger partial charge in [-0.05, 0) is 18.9 Å². The van der Waals surface area contributed by atoms with Crippen LogP contribution in [0.4, 0.5) is 4.79 Å². The van der Waals surface area contributed by atoms with Crippen LogP contribution in [-0.2, 0) is 20.9 Å². The summed E-state index contributed by atoms with van der Waals surface area (Å²) in [6.45, 7) is 4.99. The lowest BCUT2D eigenvalue weighted by molar-refractivity contribution is -0.141. The third kappa shape index (κ3) is 7.66. The first kappa shape index (κ1) is 18.2. The molecule has 23 heavy (non-hydrogen) atoms. The highest BCUT2D eigenvalue weighted by molar-refractivity contribution is 5.86. The van der Waals surface area contributed by atoms with E-state index in [0.717, 1.165) is 5.56 Å². The SMILES string of the molecule is C=C(C)C[C@@H](NC(=O)CNC(=O)OCc1ccccc1)C(=O)O. The average molecular weight is 320 g/mol. The minimum Gasteiger partial charge on any atom is -0.480 e. The highest BCUT2D eigenvalue weighted by Crippen LogP contribution is 2.02. The van der Waals surface area contributed by atoms with Crippen LogP contribution in [0.2, 0.25) is 0 Å². The van der Waals surface area contributed by atoms with E-state index < -0.39 is 24.0 Å². The molecule has 0 aliphatic carbocycles. The number of rotatable bonds is 8. The van der Waals surface area contributed by atoms with Crippen molar-refractivity contribution in [3.8, 4) is 0 Å². The van der Waals surface area contributed by atoms with Crippen LogP contribution in [0.15, 0.2) is 42.5 Å². The zero-order valence-corrected chi connectivity index (χ0v) is 12.9. The van der Waals surface area contributed by atoms with Crippen LogP contribution >= 0.6 is 0 Å². The third-order valence-corrected chi connectivity index (χ3v) is 2.79. The van der Waals surface area contributed by atoms with Crippen LogP contribution in [0.1, 0.15) is 18.9 Å². The van der Waals surface area contributed by atoms with E-state index in [4.69, 9.17) is 9.84 Å². The molecule has 1 rings (SSSR count). The van der Waals surface area contributed by atoms with E-state index >= 15 is 0 Å². The number of hydrogen-bond donors (Lipinski definition) is 3. The van der Waals surface area contributed by atoms with Gasteiger partial charge in [-0.25, -0.2) is 9.59 Å². The summed E-state index contributed by atoms with van der Waals surface area (Å²) in [4.78, 5) is 34.1. The number of aliphatic carboxylic acids is 1. The van der Waals surface area contributed by atoms with Gasteiger partial charge in [0.2, 0.25) is 5.91 Å². The molecule has 0 saturated carbocycles. The summed E-state index contributed by atoms with van der Waals surface area (Å²) in [5.74, 6) is -1.77. The Morgan fingerprint density at radius 2 is 1.91 bits per heavy atom. The lowest BCUT2D eigenvalue weighted by Gasteiger charge is -2.14. The number of benzene rings is 1. The monoisotopic (exact) mass is 320 g/mol. The summed E-state index contributed by atoms with van der Waals surface area (Å²) in [7, 11) is 0. The summed E-state index contributed by atoms with van der Waals surface area (Å²) in [5, 5.41) is 13.6. The van der Waals surface area contributed by atoms with Crippen molar-refractivity contribution >= 4 is 18.0 Å². The van der Waals surface area contributed by atoms with Crippen molar-refractivity contribution in [1.29, 1.82) is 0 Å². The van der Waals surface area contributed by atoms with Gasteiger partial charge in [-0.3, -0.25) is 4.79 Å². The smallest absolute Gasteiger partial charge is 0.407 e. The summed E-state index contributed by atoms with van der Waals surface area (Å²) in [6, 6.07) is 8.01. The molecule has 7 heteroatoms. The Morgan fingerprint density at radius 3 is 2.48 bits per heavy atom. The van der Waals surface area contributed by atoms with Crippen LogP contribution in [0.5, 0.6) is 0 Å². The van der Waals surface area contributed by atoms with Crippen molar-refractivity contribution in [3.63, 3.8) is 0 Å². The molecule has 0 bridgehead atoms. The predicted molar refractivity (Wildman–Crippen MR) is 83.6 cm³/mol. The Morgan fingerprint density at radius 1 is 1.26 bits per heavy atom. The number of alkyl carbamates (subject to hydrolysis) is 1. The molecule has 0 radical (unpaired) electrons. The largest absolute Gasteiger partial charge is 0.480 e. The lowest BCUT2D eigenvalue weighted by Crippen LogP contribution is -2.45. The fourth-order valence-corrected chi connectivity index (χ4v) is 1.72. The standard InChI is InChI=1S/C16H20N2O5/c1-11(2)8-13(15(20)21)18-14(19)9-17-16(22)23-10-12-6-4-3-5-7-12/h3-7,13H,1,8-10H2,2H3,(H,17,22)(H,18,19)(H,20,21)/t13-/m1/s1. The van der Waals surface area contributed by atoms with Crippen molar-refractivity contribution < 1.29 is 24.2 Å². The second kappa shape index (κ2) is 9.24. The molecule has 0 fully saturated rings. The van der Waals surface area contributed by atoms with Gasteiger partial charge < -0.3 is 20.5 Å². The normalized spacial score (nSPS) is 11.2. The lowest BCUT2D eigenvalue weighted by atomic mass is 10.1. The molecule has 0 aliphatic rings. The van der Waals surface area contributed by atoms with Gasteiger partial charge in [0.25, 0.3) is 0 Å². The predicted octanol–water partition coefficient (Wildman–Crippen LogP) is 1.45. The minimum absolute atomic E-state index is 0.0850. The maximum atomic E-state index is 11.6. The van der Waals surface area contributed by atoms with Crippen molar-refractivity contribution in [2.75, 3.05) is 6.54 Å². The quantitative estimate of drug-likeness (QED) is 0.629. The number of carbonyl (C=O) groups excluding carboxylic acids is 2. The Kier molecular flexibility index (Phi) is 7.32. The van der Waals surface area contributed by atoms with E-state index in [1.54, 1.807) is 19.1 Å². The van der Waals surface area contributed by atoms with E-state index in [2.05, 4.69) is 17.2 Å². The second-order valence-electron chi connectivity index (χ2n) is 5.03. The van der Waals surface area contributed by atoms with Crippen LogP contribution in [0.25, 0.3) is 0 Å². The van der Waals surface area contributed by atoms with Crippen LogP contribution < -0.4 is 10.6 Å². The van der Waals surface area contributed by atoms with E-state index in [1.165, 1.54) is 0 Å². The number of amides is 2. The third-order valence-electron chi connectivity index (χ3n) is 2.79. The first-order valence-corrected chi connectivity index (χ1v) is 6.99. The first-order valence-electron chi connectivity index (χ1n) is 6.99. The van der Waals surface area contributed by atoms with Crippen molar-refractivity contribution in [2.24, 2.45) is 0 Å². The molecule has 0 saturated heterocycles. The van der Waals surface area contributed by atoms with Gasteiger partial charge in [-0.1, -0.05) is 35.9 Å². The molecule has 0 spiro atoms. The number of carboxylic acid groups (broad SMARTS) is 1. The molecule has 1 aromatic rings. The number of nitrogens with one attached hydrogen (secondary N) is 2. The molecular weight excluding hydrogens is 300 g/mol. The van der Waals surface area contributed by atoms with E-state index in [1.807, 2.05) is 18.2 Å². The molecule has 1 aromatic carbocycles. The maximum Gasteiger partial charge on any atom is 0.407 e. The average Bonchev–Trinajstić information content (AvgIpc) is 2.50. The van der Waals surface area contributed by atoms with Crippen LogP contribution in [0, 0.1) is 0 Å². The van der Waals surface area contributed by atoms with Crippen molar-refractivity contribution in [3.05, 3.63) is 48.0 Å². The molecule has 7 nitrogen and oxygen atoms in total. The highest BCUT2D eigenvalue weighted by atomic mass is 16.5. The molecular formula is C16H20N2O5. The minimum atomic E-state index is -1.16. The topological polar surface area (TPSA) is 105 Å².